The first kappa shape index (κ1) is 23.8. The second kappa shape index (κ2) is 10.7. The van der Waals surface area contributed by atoms with Crippen molar-refractivity contribution in [2.24, 2.45) is 5.92 Å². The first-order valence-electron chi connectivity index (χ1n) is 11.7. The minimum atomic E-state index is -1.24. The summed E-state index contributed by atoms with van der Waals surface area (Å²) in [7, 11) is 0. The average molecular weight is 467 g/mol. The van der Waals surface area contributed by atoms with Crippen molar-refractivity contribution in [2.75, 3.05) is 19.8 Å². The summed E-state index contributed by atoms with van der Waals surface area (Å²) in [6, 6.07) is 14.5. The Morgan fingerprint density at radius 3 is 2.29 bits per heavy atom. The lowest BCUT2D eigenvalue weighted by Crippen LogP contribution is -2.52. The van der Waals surface area contributed by atoms with E-state index in [0.717, 1.165) is 35.1 Å². The van der Waals surface area contributed by atoms with Crippen LogP contribution in [0.15, 0.2) is 48.5 Å². The summed E-state index contributed by atoms with van der Waals surface area (Å²) in [5.74, 6) is -1.71. The highest BCUT2D eigenvalue weighted by atomic mass is 16.5. The summed E-state index contributed by atoms with van der Waals surface area (Å²) in [6.07, 6.45) is 0.479. The number of nitrogens with one attached hydrogen (secondary N) is 2. The van der Waals surface area contributed by atoms with Gasteiger partial charge in [0.05, 0.1) is 13.0 Å². The molecule has 34 heavy (non-hydrogen) atoms. The van der Waals surface area contributed by atoms with Crippen molar-refractivity contribution in [1.82, 2.24) is 10.6 Å². The van der Waals surface area contributed by atoms with Crippen molar-refractivity contribution >= 4 is 18.0 Å². The van der Waals surface area contributed by atoms with Crippen LogP contribution in [0.25, 0.3) is 11.1 Å². The van der Waals surface area contributed by atoms with Gasteiger partial charge in [-0.05, 0) is 42.0 Å². The number of carbonyl (C=O) groups excluding carboxylic acids is 2. The van der Waals surface area contributed by atoms with E-state index in [2.05, 4.69) is 10.6 Å². The molecule has 1 heterocycles. The zero-order valence-electron chi connectivity index (χ0n) is 19.2. The molecule has 1 fully saturated rings. The zero-order chi connectivity index (χ0) is 24.1. The Hall–Kier alpha value is -3.39. The van der Waals surface area contributed by atoms with Crippen LogP contribution in [0.2, 0.25) is 0 Å². The van der Waals surface area contributed by atoms with E-state index >= 15 is 0 Å². The van der Waals surface area contributed by atoms with Gasteiger partial charge in [-0.1, -0.05) is 48.5 Å². The number of fused-ring (bicyclic) bond motifs is 3. The van der Waals surface area contributed by atoms with E-state index in [9.17, 15) is 19.5 Å². The van der Waals surface area contributed by atoms with Crippen LogP contribution in [0, 0.1) is 5.92 Å². The Morgan fingerprint density at radius 2 is 1.71 bits per heavy atom. The zero-order valence-corrected chi connectivity index (χ0v) is 19.2. The van der Waals surface area contributed by atoms with Gasteiger partial charge >= 0.3 is 12.1 Å². The summed E-state index contributed by atoms with van der Waals surface area (Å²) in [5, 5.41) is 14.5. The van der Waals surface area contributed by atoms with E-state index < -0.39 is 30.4 Å². The molecular formula is C26H30N2O6. The number of carbonyl (C=O) groups is 3. The summed E-state index contributed by atoms with van der Waals surface area (Å²) >= 11 is 0. The Balaban J connectivity index is 1.38. The lowest BCUT2D eigenvalue weighted by molar-refractivity contribution is -0.140. The van der Waals surface area contributed by atoms with Gasteiger partial charge in [0.25, 0.3) is 0 Å². The molecule has 180 valence electrons. The molecule has 3 atom stereocenters. The van der Waals surface area contributed by atoms with Gasteiger partial charge in [0.15, 0.2) is 0 Å². The maximum atomic E-state index is 12.8. The largest absolute Gasteiger partial charge is 0.481 e. The average Bonchev–Trinajstić information content (AvgIpc) is 3.16. The van der Waals surface area contributed by atoms with E-state index in [1.165, 1.54) is 0 Å². The second-order valence-electron chi connectivity index (χ2n) is 8.89. The van der Waals surface area contributed by atoms with Gasteiger partial charge in [0.2, 0.25) is 5.91 Å². The molecule has 0 spiro atoms. The van der Waals surface area contributed by atoms with Gasteiger partial charge in [-0.2, -0.15) is 0 Å². The van der Waals surface area contributed by atoms with Crippen molar-refractivity contribution in [3.05, 3.63) is 59.7 Å². The van der Waals surface area contributed by atoms with Crippen LogP contribution < -0.4 is 10.6 Å². The lowest BCUT2D eigenvalue weighted by Gasteiger charge is -2.29. The topological polar surface area (TPSA) is 114 Å². The van der Waals surface area contributed by atoms with Crippen LogP contribution in [0.3, 0.4) is 0 Å². The van der Waals surface area contributed by atoms with Crippen molar-refractivity contribution < 1.29 is 29.0 Å². The fourth-order valence-electron chi connectivity index (χ4n) is 4.77. The molecule has 8 heteroatoms. The molecule has 3 unspecified atom stereocenters. The van der Waals surface area contributed by atoms with Gasteiger partial charge in [0, 0.05) is 24.5 Å². The molecule has 1 saturated heterocycles. The molecule has 2 aliphatic rings. The molecule has 8 nitrogen and oxygen atoms in total. The number of alkyl carbamates (subject to hydrolysis) is 1. The number of carboxylic acid groups (broad SMARTS) is 1. The first-order chi connectivity index (χ1) is 16.4. The number of aliphatic carboxylic acids is 1. The molecule has 1 aliphatic heterocycles. The summed E-state index contributed by atoms with van der Waals surface area (Å²) in [4.78, 5) is 36.7. The highest BCUT2D eigenvalue weighted by Crippen LogP contribution is 2.44. The van der Waals surface area contributed by atoms with Crippen LogP contribution in [-0.4, -0.2) is 55.0 Å². The van der Waals surface area contributed by atoms with Crippen LogP contribution in [0.5, 0.6) is 0 Å². The van der Waals surface area contributed by atoms with E-state index in [1.807, 2.05) is 55.5 Å². The molecule has 2 aromatic carbocycles. The number of ether oxygens (including phenoxy) is 2. The summed E-state index contributed by atoms with van der Waals surface area (Å²) < 4.78 is 11.0. The van der Waals surface area contributed by atoms with E-state index in [4.69, 9.17) is 9.47 Å². The molecular weight excluding hydrogens is 436 g/mol. The fraction of sp³-hybridized carbons (Fsp3) is 0.423. The Bertz CT molecular complexity index is 1000. The number of carboxylic acids is 1. The van der Waals surface area contributed by atoms with Gasteiger partial charge in [-0.3, -0.25) is 9.59 Å². The fourth-order valence-corrected chi connectivity index (χ4v) is 4.77. The monoisotopic (exact) mass is 466 g/mol. The van der Waals surface area contributed by atoms with Gasteiger partial charge < -0.3 is 25.2 Å². The van der Waals surface area contributed by atoms with E-state index in [0.29, 0.717) is 13.2 Å². The van der Waals surface area contributed by atoms with Crippen molar-refractivity contribution in [1.29, 1.82) is 0 Å². The minimum Gasteiger partial charge on any atom is -0.481 e. The third kappa shape index (κ3) is 5.39. The molecule has 3 N–H and O–H groups in total. The molecule has 0 radical (unpaired) electrons. The highest BCUT2D eigenvalue weighted by molar-refractivity contribution is 5.89. The highest BCUT2D eigenvalue weighted by Gasteiger charge is 2.31. The Morgan fingerprint density at radius 1 is 1.06 bits per heavy atom. The lowest BCUT2D eigenvalue weighted by atomic mass is 9.94. The summed E-state index contributed by atoms with van der Waals surface area (Å²) in [6.45, 7) is 3.20. The van der Waals surface area contributed by atoms with Crippen molar-refractivity contribution in [3.63, 3.8) is 0 Å². The summed E-state index contributed by atoms with van der Waals surface area (Å²) in [5.41, 5.74) is 4.35. The van der Waals surface area contributed by atoms with E-state index in [-0.39, 0.29) is 24.5 Å². The molecule has 0 bridgehead atoms. The third-order valence-corrected chi connectivity index (χ3v) is 6.60. The standard InChI is InChI=1S/C26H30N2O6/c1-16(17-7-6-12-33-14-17)27-25(31)23(13-24(29)30)28-26(32)34-15-22-20-10-4-2-8-18(20)19-9-3-5-11-21(19)22/h2-5,8-11,16-17,22-23H,6-7,12-15H2,1H3,(H,27,31)(H,28,32)(H,29,30). The number of hydrogen-bond donors (Lipinski definition) is 3. The Labute approximate surface area is 198 Å². The van der Waals surface area contributed by atoms with Crippen LogP contribution in [0.1, 0.15) is 43.2 Å². The quantitative estimate of drug-likeness (QED) is 0.550. The SMILES string of the molecule is CC(NC(=O)C(CC(=O)O)NC(=O)OCC1c2ccccc2-c2ccccc21)C1CCCOC1. The number of benzene rings is 2. The van der Waals surface area contributed by atoms with Gasteiger partial charge in [-0.15, -0.1) is 0 Å². The Kier molecular flexibility index (Phi) is 7.47. The maximum Gasteiger partial charge on any atom is 0.407 e. The van der Waals surface area contributed by atoms with Crippen molar-refractivity contribution in [3.8, 4) is 11.1 Å². The van der Waals surface area contributed by atoms with Gasteiger partial charge in [-0.25, -0.2) is 4.79 Å². The van der Waals surface area contributed by atoms with Crippen molar-refractivity contribution in [2.45, 2.75) is 44.2 Å². The molecule has 2 amide bonds. The van der Waals surface area contributed by atoms with Crippen LogP contribution in [-0.2, 0) is 19.1 Å². The molecule has 4 rings (SSSR count). The first-order valence-corrected chi connectivity index (χ1v) is 11.7. The van der Waals surface area contributed by atoms with Crippen LogP contribution >= 0.6 is 0 Å². The number of amides is 2. The maximum absolute atomic E-state index is 12.8. The molecule has 0 saturated carbocycles. The predicted molar refractivity (Wildman–Crippen MR) is 125 cm³/mol. The van der Waals surface area contributed by atoms with Crippen LogP contribution in [0.4, 0.5) is 4.79 Å². The molecule has 2 aromatic rings. The molecule has 1 aliphatic carbocycles. The van der Waals surface area contributed by atoms with E-state index in [1.54, 1.807) is 0 Å². The predicted octanol–water partition coefficient (Wildman–Crippen LogP) is 3.30. The van der Waals surface area contributed by atoms with Gasteiger partial charge in [0.1, 0.15) is 12.6 Å². The normalized spacial score (nSPS) is 18.8. The smallest absolute Gasteiger partial charge is 0.407 e. The minimum absolute atomic E-state index is 0.0804. The molecule has 0 aromatic heterocycles. The number of hydrogen-bond acceptors (Lipinski definition) is 5. The number of rotatable bonds is 8. The third-order valence-electron chi connectivity index (χ3n) is 6.60. The second-order valence-corrected chi connectivity index (χ2v) is 8.89.